The van der Waals surface area contributed by atoms with Crippen molar-refractivity contribution in [1.29, 1.82) is 0 Å². The van der Waals surface area contributed by atoms with E-state index in [1.165, 1.54) is 22.3 Å². The zero-order valence-electron chi connectivity index (χ0n) is 12.8. The first-order valence-corrected chi connectivity index (χ1v) is 7.71. The molecule has 0 aliphatic heterocycles. The molecule has 0 saturated carbocycles. The van der Waals surface area contributed by atoms with Crippen LogP contribution in [0.4, 0.5) is 0 Å². The van der Waals surface area contributed by atoms with E-state index >= 15 is 0 Å². The highest BCUT2D eigenvalue weighted by Crippen LogP contribution is 2.23. The van der Waals surface area contributed by atoms with Crippen LogP contribution < -0.4 is 5.32 Å². The smallest absolute Gasteiger partial charge is 0.0317 e. The minimum absolute atomic E-state index is 0.469. The topological polar surface area (TPSA) is 12.0 Å². The van der Waals surface area contributed by atoms with E-state index in [1.54, 1.807) is 0 Å². The van der Waals surface area contributed by atoms with Gasteiger partial charge >= 0.3 is 0 Å². The van der Waals surface area contributed by atoms with Crippen LogP contribution in [-0.4, -0.2) is 6.54 Å². The molecule has 2 rings (SSSR count). The molecule has 1 nitrogen and oxygen atoms in total. The van der Waals surface area contributed by atoms with Gasteiger partial charge in [-0.25, -0.2) is 0 Å². The van der Waals surface area contributed by atoms with Crippen LogP contribution >= 0.6 is 0 Å². The van der Waals surface area contributed by atoms with E-state index in [-0.39, 0.29) is 0 Å². The van der Waals surface area contributed by atoms with Crippen LogP contribution in [0.2, 0.25) is 0 Å². The fourth-order valence-electron chi connectivity index (χ4n) is 2.59. The van der Waals surface area contributed by atoms with Gasteiger partial charge in [0.25, 0.3) is 0 Å². The van der Waals surface area contributed by atoms with E-state index in [2.05, 4.69) is 74.6 Å². The summed E-state index contributed by atoms with van der Waals surface area (Å²) in [6, 6.07) is 18.3. The number of rotatable bonds is 6. The highest BCUT2D eigenvalue weighted by atomic mass is 14.9. The number of benzene rings is 2. The molecule has 0 aromatic heterocycles. The summed E-state index contributed by atoms with van der Waals surface area (Å²) in [5.74, 6) is 0. The Morgan fingerprint density at radius 1 is 0.800 bits per heavy atom. The standard InChI is InChI=1S/C19H25N/c1-4-15-7-9-16(10-8-15)17-11-13-18(14-12-17)19(5-2)20-6-3/h7-14,19-20H,4-6H2,1-3H3. The summed E-state index contributed by atoms with van der Waals surface area (Å²) in [6.07, 6.45) is 2.22. The Kier molecular flexibility index (Phi) is 5.37. The lowest BCUT2D eigenvalue weighted by molar-refractivity contribution is 0.537. The molecular weight excluding hydrogens is 242 g/mol. The molecule has 20 heavy (non-hydrogen) atoms. The zero-order valence-corrected chi connectivity index (χ0v) is 12.8. The molecule has 2 aromatic carbocycles. The van der Waals surface area contributed by atoms with Gasteiger partial charge in [-0.1, -0.05) is 69.3 Å². The minimum atomic E-state index is 0.469. The number of hydrogen-bond donors (Lipinski definition) is 1. The molecule has 0 amide bonds. The summed E-state index contributed by atoms with van der Waals surface area (Å²) >= 11 is 0. The molecule has 1 unspecified atom stereocenters. The quantitative estimate of drug-likeness (QED) is 0.778. The van der Waals surface area contributed by atoms with Gasteiger partial charge in [0.05, 0.1) is 0 Å². The average Bonchev–Trinajstić information content (AvgIpc) is 2.53. The Morgan fingerprint density at radius 3 is 1.80 bits per heavy atom. The first kappa shape index (κ1) is 14.8. The SMILES string of the molecule is CCNC(CC)c1ccc(-c2ccc(CC)cc2)cc1. The van der Waals surface area contributed by atoms with E-state index in [4.69, 9.17) is 0 Å². The predicted molar refractivity (Wildman–Crippen MR) is 88.0 cm³/mol. The molecule has 0 radical (unpaired) electrons. The monoisotopic (exact) mass is 267 g/mol. The van der Waals surface area contributed by atoms with Crippen molar-refractivity contribution in [2.75, 3.05) is 6.54 Å². The van der Waals surface area contributed by atoms with Crippen molar-refractivity contribution in [1.82, 2.24) is 5.32 Å². The summed E-state index contributed by atoms with van der Waals surface area (Å²) in [7, 11) is 0. The van der Waals surface area contributed by atoms with E-state index in [9.17, 15) is 0 Å². The van der Waals surface area contributed by atoms with Crippen molar-refractivity contribution in [3.63, 3.8) is 0 Å². The first-order valence-electron chi connectivity index (χ1n) is 7.71. The Bertz CT molecular complexity index is 510. The minimum Gasteiger partial charge on any atom is -0.310 e. The second-order valence-corrected chi connectivity index (χ2v) is 5.19. The molecule has 0 aliphatic rings. The summed E-state index contributed by atoms with van der Waals surface area (Å²) in [6.45, 7) is 7.59. The molecule has 0 spiro atoms. The largest absolute Gasteiger partial charge is 0.310 e. The molecule has 0 heterocycles. The molecule has 0 saturated heterocycles. The molecule has 0 aliphatic carbocycles. The summed E-state index contributed by atoms with van der Waals surface area (Å²) in [5, 5.41) is 3.52. The first-order chi connectivity index (χ1) is 9.78. The molecule has 106 valence electrons. The van der Waals surface area contributed by atoms with Gasteiger partial charge in [0, 0.05) is 6.04 Å². The van der Waals surface area contributed by atoms with Crippen LogP contribution in [0, 0.1) is 0 Å². The van der Waals surface area contributed by atoms with E-state index < -0.39 is 0 Å². The van der Waals surface area contributed by atoms with Gasteiger partial charge in [-0.2, -0.15) is 0 Å². The summed E-state index contributed by atoms with van der Waals surface area (Å²) in [4.78, 5) is 0. The van der Waals surface area contributed by atoms with Gasteiger partial charge in [-0.15, -0.1) is 0 Å². The molecule has 2 aromatic rings. The summed E-state index contributed by atoms with van der Waals surface area (Å²) < 4.78 is 0. The Morgan fingerprint density at radius 2 is 1.35 bits per heavy atom. The van der Waals surface area contributed by atoms with Crippen LogP contribution in [0.5, 0.6) is 0 Å². The van der Waals surface area contributed by atoms with Gasteiger partial charge in [0.1, 0.15) is 0 Å². The van der Waals surface area contributed by atoms with Crippen molar-refractivity contribution < 1.29 is 0 Å². The van der Waals surface area contributed by atoms with E-state index in [1.807, 2.05) is 0 Å². The maximum absolute atomic E-state index is 3.52. The molecule has 0 bridgehead atoms. The fourth-order valence-corrected chi connectivity index (χ4v) is 2.59. The van der Waals surface area contributed by atoms with Crippen molar-refractivity contribution >= 4 is 0 Å². The van der Waals surface area contributed by atoms with E-state index in [0.717, 1.165) is 19.4 Å². The lowest BCUT2D eigenvalue weighted by atomic mass is 9.98. The molecule has 0 fully saturated rings. The molecule has 1 heteroatoms. The third-order valence-electron chi connectivity index (χ3n) is 3.87. The normalized spacial score (nSPS) is 12.3. The highest BCUT2D eigenvalue weighted by molar-refractivity contribution is 5.64. The molecule has 1 atom stereocenters. The Balaban J connectivity index is 2.18. The van der Waals surface area contributed by atoms with Crippen LogP contribution in [0.1, 0.15) is 44.4 Å². The van der Waals surface area contributed by atoms with Gasteiger partial charge in [-0.05, 0) is 41.6 Å². The van der Waals surface area contributed by atoms with Crippen molar-refractivity contribution in [2.45, 2.75) is 39.7 Å². The highest BCUT2D eigenvalue weighted by Gasteiger charge is 2.07. The van der Waals surface area contributed by atoms with E-state index in [0.29, 0.717) is 6.04 Å². The van der Waals surface area contributed by atoms with Crippen LogP contribution in [0.15, 0.2) is 48.5 Å². The maximum Gasteiger partial charge on any atom is 0.0317 e. The molecule has 1 N–H and O–H groups in total. The summed E-state index contributed by atoms with van der Waals surface area (Å²) in [5.41, 5.74) is 5.36. The van der Waals surface area contributed by atoms with Crippen LogP contribution in [-0.2, 0) is 6.42 Å². The lowest BCUT2D eigenvalue weighted by Gasteiger charge is -2.16. The predicted octanol–water partition coefficient (Wildman–Crippen LogP) is 4.98. The molecular formula is C19H25N. The van der Waals surface area contributed by atoms with Gasteiger partial charge in [-0.3, -0.25) is 0 Å². The van der Waals surface area contributed by atoms with Crippen LogP contribution in [0.3, 0.4) is 0 Å². The third-order valence-corrected chi connectivity index (χ3v) is 3.87. The maximum atomic E-state index is 3.52. The second-order valence-electron chi connectivity index (χ2n) is 5.19. The zero-order chi connectivity index (χ0) is 14.4. The lowest BCUT2D eigenvalue weighted by Crippen LogP contribution is -2.19. The van der Waals surface area contributed by atoms with Crippen molar-refractivity contribution in [3.05, 3.63) is 59.7 Å². The second kappa shape index (κ2) is 7.25. The Hall–Kier alpha value is -1.60. The number of nitrogens with one attached hydrogen (secondary N) is 1. The Labute approximate surface area is 123 Å². The fraction of sp³-hybridized carbons (Fsp3) is 0.368. The van der Waals surface area contributed by atoms with Crippen molar-refractivity contribution in [2.24, 2.45) is 0 Å². The third kappa shape index (κ3) is 3.49. The van der Waals surface area contributed by atoms with Gasteiger partial charge in [0.15, 0.2) is 0 Å². The van der Waals surface area contributed by atoms with Gasteiger partial charge < -0.3 is 5.32 Å². The van der Waals surface area contributed by atoms with Crippen molar-refractivity contribution in [3.8, 4) is 11.1 Å². The number of aryl methyl sites for hydroxylation is 1. The van der Waals surface area contributed by atoms with Crippen LogP contribution in [0.25, 0.3) is 11.1 Å². The number of hydrogen-bond acceptors (Lipinski definition) is 1. The van der Waals surface area contributed by atoms with Gasteiger partial charge in [0.2, 0.25) is 0 Å². The average molecular weight is 267 g/mol.